The average molecular weight is 320 g/mol. The molecular formula is C17H20O6. The Morgan fingerprint density at radius 2 is 1.87 bits per heavy atom. The van der Waals surface area contributed by atoms with E-state index in [4.69, 9.17) is 13.9 Å². The second-order valence-electron chi connectivity index (χ2n) is 5.43. The molecule has 0 spiro atoms. The fraction of sp³-hybridized carbons (Fsp3) is 0.412. The van der Waals surface area contributed by atoms with Crippen LogP contribution in [0.5, 0.6) is 5.75 Å². The number of aryl methyl sites for hydroxylation is 1. The van der Waals surface area contributed by atoms with Gasteiger partial charge < -0.3 is 18.6 Å². The Kier molecular flexibility index (Phi) is 4.93. The standard InChI is InChI=1S/C17H20O6/c1-9(2)21-17(19)15-10(3)23-14-7-6-12(8-13(14)15)22-11(4)16(18)20-5/h6-9,11H,1-5H3. The van der Waals surface area contributed by atoms with Crippen molar-refractivity contribution in [3.63, 3.8) is 0 Å². The van der Waals surface area contributed by atoms with Crippen LogP contribution in [0.2, 0.25) is 0 Å². The van der Waals surface area contributed by atoms with Crippen molar-refractivity contribution in [3.8, 4) is 5.75 Å². The average Bonchev–Trinajstić information content (AvgIpc) is 2.80. The van der Waals surface area contributed by atoms with Gasteiger partial charge in [0.25, 0.3) is 0 Å². The first-order valence-corrected chi connectivity index (χ1v) is 7.32. The third kappa shape index (κ3) is 3.64. The summed E-state index contributed by atoms with van der Waals surface area (Å²) in [5, 5.41) is 0.586. The van der Waals surface area contributed by atoms with Crippen LogP contribution in [-0.2, 0) is 14.3 Å². The van der Waals surface area contributed by atoms with E-state index in [0.717, 1.165) is 0 Å². The number of carbonyl (C=O) groups is 2. The van der Waals surface area contributed by atoms with Gasteiger partial charge in [-0.15, -0.1) is 0 Å². The molecular weight excluding hydrogens is 300 g/mol. The Labute approximate surface area is 134 Å². The van der Waals surface area contributed by atoms with Gasteiger partial charge in [0.05, 0.1) is 13.2 Å². The molecule has 0 saturated carbocycles. The third-order valence-corrected chi connectivity index (χ3v) is 3.23. The Morgan fingerprint density at radius 3 is 2.48 bits per heavy atom. The van der Waals surface area contributed by atoms with E-state index in [1.807, 2.05) is 0 Å². The molecule has 0 aliphatic rings. The van der Waals surface area contributed by atoms with E-state index in [1.54, 1.807) is 45.9 Å². The molecule has 1 aromatic heterocycles. The molecule has 6 heteroatoms. The lowest BCUT2D eigenvalue weighted by molar-refractivity contribution is -0.147. The van der Waals surface area contributed by atoms with Gasteiger partial charge in [0, 0.05) is 5.39 Å². The SMILES string of the molecule is COC(=O)C(C)Oc1ccc2oc(C)c(C(=O)OC(C)C)c2c1. The van der Waals surface area contributed by atoms with Gasteiger partial charge >= 0.3 is 11.9 Å². The van der Waals surface area contributed by atoms with Crippen LogP contribution in [0.3, 0.4) is 0 Å². The molecule has 6 nitrogen and oxygen atoms in total. The summed E-state index contributed by atoms with van der Waals surface area (Å²) in [7, 11) is 1.30. The number of esters is 2. The maximum Gasteiger partial charge on any atom is 0.346 e. The van der Waals surface area contributed by atoms with Crippen molar-refractivity contribution in [2.45, 2.75) is 39.9 Å². The van der Waals surface area contributed by atoms with Crippen LogP contribution < -0.4 is 4.74 Å². The van der Waals surface area contributed by atoms with E-state index >= 15 is 0 Å². The maximum atomic E-state index is 12.2. The predicted octanol–water partition coefficient (Wildman–Crippen LogP) is 3.25. The summed E-state index contributed by atoms with van der Waals surface area (Å²) >= 11 is 0. The Balaban J connectivity index is 2.38. The summed E-state index contributed by atoms with van der Waals surface area (Å²) in [5.41, 5.74) is 0.918. The molecule has 2 rings (SSSR count). The first-order valence-electron chi connectivity index (χ1n) is 7.32. The number of methoxy groups -OCH3 is 1. The van der Waals surface area contributed by atoms with E-state index in [0.29, 0.717) is 28.0 Å². The fourth-order valence-corrected chi connectivity index (χ4v) is 2.22. The van der Waals surface area contributed by atoms with Crippen LogP contribution in [-0.4, -0.2) is 31.3 Å². The highest BCUT2D eigenvalue weighted by Crippen LogP contribution is 2.30. The molecule has 0 aliphatic heterocycles. The minimum Gasteiger partial charge on any atom is -0.479 e. The van der Waals surface area contributed by atoms with Gasteiger partial charge in [0.1, 0.15) is 22.7 Å². The van der Waals surface area contributed by atoms with Crippen LogP contribution in [0.1, 0.15) is 36.9 Å². The Bertz CT molecular complexity index is 728. The van der Waals surface area contributed by atoms with Crippen molar-refractivity contribution < 1.29 is 28.2 Å². The Hall–Kier alpha value is -2.50. The molecule has 0 radical (unpaired) electrons. The molecule has 0 N–H and O–H groups in total. The molecule has 0 amide bonds. The topological polar surface area (TPSA) is 75.0 Å². The minimum absolute atomic E-state index is 0.231. The summed E-state index contributed by atoms with van der Waals surface area (Å²) in [6.45, 7) is 6.85. The number of hydrogen-bond acceptors (Lipinski definition) is 6. The number of ether oxygens (including phenoxy) is 3. The van der Waals surface area contributed by atoms with E-state index in [1.165, 1.54) is 7.11 Å². The van der Waals surface area contributed by atoms with Gasteiger partial charge in [-0.1, -0.05) is 0 Å². The second-order valence-corrected chi connectivity index (χ2v) is 5.43. The highest BCUT2D eigenvalue weighted by molar-refractivity contribution is 6.05. The molecule has 2 aromatic rings. The molecule has 0 saturated heterocycles. The van der Waals surface area contributed by atoms with Crippen molar-refractivity contribution in [2.75, 3.05) is 7.11 Å². The molecule has 23 heavy (non-hydrogen) atoms. The van der Waals surface area contributed by atoms with Crippen molar-refractivity contribution >= 4 is 22.9 Å². The van der Waals surface area contributed by atoms with E-state index in [2.05, 4.69) is 4.74 Å². The van der Waals surface area contributed by atoms with Crippen molar-refractivity contribution in [2.24, 2.45) is 0 Å². The van der Waals surface area contributed by atoms with Gasteiger partial charge in [-0.05, 0) is 45.9 Å². The van der Waals surface area contributed by atoms with E-state index in [9.17, 15) is 9.59 Å². The number of hydrogen-bond donors (Lipinski definition) is 0. The molecule has 1 unspecified atom stereocenters. The quantitative estimate of drug-likeness (QED) is 0.787. The van der Waals surface area contributed by atoms with Crippen LogP contribution in [0, 0.1) is 6.92 Å². The maximum absolute atomic E-state index is 12.2. The summed E-state index contributed by atoms with van der Waals surface area (Å²) < 4.78 is 21.0. The molecule has 1 aromatic carbocycles. The molecule has 1 heterocycles. The molecule has 1 atom stereocenters. The van der Waals surface area contributed by atoms with E-state index < -0.39 is 18.0 Å². The first-order chi connectivity index (χ1) is 10.8. The highest BCUT2D eigenvalue weighted by Gasteiger charge is 2.22. The van der Waals surface area contributed by atoms with Gasteiger partial charge in [0.2, 0.25) is 0 Å². The summed E-state index contributed by atoms with van der Waals surface area (Å²) in [6, 6.07) is 5.01. The largest absolute Gasteiger partial charge is 0.479 e. The number of fused-ring (bicyclic) bond motifs is 1. The molecule has 124 valence electrons. The van der Waals surface area contributed by atoms with Gasteiger partial charge in [-0.3, -0.25) is 0 Å². The summed E-state index contributed by atoms with van der Waals surface area (Å²) in [6.07, 6.45) is -0.984. The number of furan rings is 1. The van der Waals surface area contributed by atoms with Gasteiger partial charge in [0.15, 0.2) is 6.10 Å². The second kappa shape index (κ2) is 6.73. The highest BCUT2D eigenvalue weighted by atomic mass is 16.6. The monoisotopic (exact) mass is 320 g/mol. The predicted molar refractivity (Wildman–Crippen MR) is 83.6 cm³/mol. The number of benzene rings is 1. The van der Waals surface area contributed by atoms with Crippen LogP contribution in [0.15, 0.2) is 22.6 Å². The van der Waals surface area contributed by atoms with Crippen LogP contribution in [0.4, 0.5) is 0 Å². The zero-order valence-electron chi connectivity index (χ0n) is 13.8. The number of rotatable bonds is 5. The third-order valence-electron chi connectivity index (χ3n) is 3.23. The number of carbonyl (C=O) groups excluding carboxylic acids is 2. The lowest BCUT2D eigenvalue weighted by atomic mass is 10.1. The van der Waals surface area contributed by atoms with Crippen LogP contribution in [0.25, 0.3) is 11.0 Å². The molecule has 0 aliphatic carbocycles. The Morgan fingerprint density at radius 1 is 1.17 bits per heavy atom. The van der Waals surface area contributed by atoms with Gasteiger partial charge in [-0.25, -0.2) is 9.59 Å². The lowest BCUT2D eigenvalue weighted by Crippen LogP contribution is -2.24. The summed E-state index contributed by atoms with van der Waals surface area (Å²) in [5.74, 6) is -0.0130. The van der Waals surface area contributed by atoms with E-state index in [-0.39, 0.29) is 6.10 Å². The van der Waals surface area contributed by atoms with Crippen molar-refractivity contribution in [1.29, 1.82) is 0 Å². The fourth-order valence-electron chi connectivity index (χ4n) is 2.22. The zero-order valence-corrected chi connectivity index (χ0v) is 13.8. The lowest BCUT2D eigenvalue weighted by Gasteiger charge is -2.12. The first kappa shape index (κ1) is 16.9. The molecule has 0 fully saturated rings. The van der Waals surface area contributed by atoms with Gasteiger partial charge in [-0.2, -0.15) is 0 Å². The van der Waals surface area contributed by atoms with Crippen molar-refractivity contribution in [3.05, 3.63) is 29.5 Å². The molecule has 0 bridgehead atoms. The van der Waals surface area contributed by atoms with Crippen LogP contribution >= 0.6 is 0 Å². The zero-order chi connectivity index (χ0) is 17.1. The normalized spacial score (nSPS) is 12.3. The smallest absolute Gasteiger partial charge is 0.346 e. The minimum atomic E-state index is -0.753. The van der Waals surface area contributed by atoms with Crippen molar-refractivity contribution in [1.82, 2.24) is 0 Å². The summed E-state index contributed by atoms with van der Waals surface area (Å²) in [4.78, 5) is 23.7.